The van der Waals surface area contributed by atoms with Crippen molar-refractivity contribution in [2.24, 2.45) is 0 Å². The van der Waals surface area contributed by atoms with Gasteiger partial charge in [-0.25, -0.2) is 0 Å². The summed E-state index contributed by atoms with van der Waals surface area (Å²) in [4.78, 5) is 0. The molecule has 1 rings (SSSR count). The van der Waals surface area contributed by atoms with Crippen molar-refractivity contribution in [2.75, 3.05) is 39.4 Å². The van der Waals surface area contributed by atoms with E-state index in [1.165, 1.54) is 0 Å². The highest BCUT2D eigenvalue weighted by Crippen LogP contribution is 2.21. The van der Waals surface area contributed by atoms with Crippen LogP contribution in [0.1, 0.15) is 19.3 Å². The average Bonchev–Trinajstić information content (AvgIpc) is 2.26. The van der Waals surface area contributed by atoms with Crippen molar-refractivity contribution in [2.45, 2.75) is 24.8 Å². The molecule has 1 aliphatic heterocycles. The van der Waals surface area contributed by atoms with Crippen LogP contribution >= 0.6 is 11.6 Å². The molecule has 0 aromatic rings. The third-order valence-electron chi connectivity index (χ3n) is 2.73. The lowest BCUT2D eigenvalue weighted by Crippen LogP contribution is -2.51. The van der Waals surface area contributed by atoms with E-state index in [1.807, 2.05) is 0 Å². The Morgan fingerprint density at radius 3 is 2.71 bits per heavy atom. The molecule has 84 valence electrons. The molecule has 0 aromatic carbocycles. The minimum absolute atomic E-state index is 0.105. The van der Waals surface area contributed by atoms with E-state index in [4.69, 9.17) is 21.1 Å². The Morgan fingerprint density at radius 1 is 1.43 bits per heavy atom. The van der Waals surface area contributed by atoms with Crippen LogP contribution in [0, 0.1) is 0 Å². The maximum Gasteiger partial charge on any atom is 0.0484 e. The van der Waals surface area contributed by atoms with Gasteiger partial charge in [-0.1, -0.05) is 0 Å². The van der Waals surface area contributed by atoms with Crippen LogP contribution in [0.4, 0.5) is 0 Å². The summed E-state index contributed by atoms with van der Waals surface area (Å²) in [5.74, 6) is 0.670. The molecule has 0 spiro atoms. The minimum atomic E-state index is 0.105. The third-order valence-corrected chi connectivity index (χ3v) is 3.24. The Morgan fingerprint density at radius 2 is 2.14 bits per heavy atom. The molecule has 0 unspecified atom stereocenters. The molecule has 0 radical (unpaired) electrons. The molecule has 0 aliphatic carbocycles. The number of ether oxygens (including phenoxy) is 2. The molecule has 1 saturated heterocycles. The number of rotatable bonds is 6. The van der Waals surface area contributed by atoms with Crippen LogP contribution in [0.25, 0.3) is 0 Å². The number of nitrogens with one attached hydrogen (secondary N) is 1. The van der Waals surface area contributed by atoms with Gasteiger partial charge in [-0.05, 0) is 25.8 Å². The van der Waals surface area contributed by atoms with Gasteiger partial charge < -0.3 is 14.8 Å². The van der Waals surface area contributed by atoms with Gasteiger partial charge in [-0.2, -0.15) is 0 Å². The fourth-order valence-electron chi connectivity index (χ4n) is 1.69. The number of alkyl halides is 1. The van der Waals surface area contributed by atoms with E-state index in [2.05, 4.69) is 5.32 Å². The summed E-state index contributed by atoms with van der Waals surface area (Å²) < 4.78 is 10.3. The van der Waals surface area contributed by atoms with E-state index in [-0.39, 0.29) is 5.54 Å². The summed E-state index contributed by atoms with van der Waals surface area (Å²) in [5, 5.41) is 3.53. The standard InChI is InChI=1S/C10H20ClNO2/c1-13-6-2-5-12-10(9-11)3-7-14-8-4-10/h12H,2-9H2,1H3. The Kier molecular flexibility index (Phi) is 5.78. The van der Waals surface area contributed by atoms with Gasteiger partial charge in [0.1, 0.15) is 0 Å². The first-order chi connectivity index (χ1) is 6.83. The summed E-state index contributed by atoms with van der Waals surface area (Å²) >= 11 is 6.00. The number of hydrogen-bond acceptors (Lipinski definition) is 3. The molecule has 3 nitrogen and oxygen atoms in total. The molecule has 4 heteroatoms. The first-order valence-corrected chi connectivity index (χ1v) is 5.74. The Balaban J connectivity index is 2.22. The Hall–Kier alpha value is 0.170. The van der Waals surface area contributed by atoms with Gasteiger partial charge in [0.15, 0.2) is 0 Å². The second kappa shape index (κ2) is 6.62. The first kappa shape index (κ1) is 12.2. The second-order valence-corrected chi connectivity index (χ2v) is 4.07. The van der Waals surface area contributed by atoms with Crippen LogP contribution in [0.2, 0.25) is 0 Å². The van der Waals surface area contributed by atoms with Gasteiger partial charge >= 0.3 is 0 Å². The zero-order valence-electron chi connectivity index (χ0n) is 8.85. The van der Waals surface area contributed by atoms with E-state index in [9.17, 15) is 0 Å². The maximum absolute atomic E-state index is 6.00. The first-order valence-electron chi connectivity index (χ1n) is 5.21. The number of halogens is 1. The van der Waals surface area contributed by atoms with Crippen LogP contribution in [-0.4, -0.2) is 44.9 Å². The summed E-state index contributed by atoms with van der Waals surface area (Å²) in [5.41, 5.74) is 0.105. The quantitative estimate of drug-likeness (QED) is 0.544. The Labute approximate surface area is 91.1 Å². The molecule has 0 saturated carbocycles. The monoisotopic (exact) mass is 221 g/mol. The van der Waals surface area contributed by atoms with Crippen molar-refractivity contribution < 1.29 is 9.47 Å². The zero-order chi connectivity index (χ0) is 10.3. The van der Waals surface area contributed by atoms with Crippen LogP contribution in [0.5, 0.6) is 0 Å². The normalized spacial score (nSPS) is 21.0. The smallest absolute Gasteiger partial charge is 0.0484 e. The van der Waals surface area contributed by atoms with Gasteiger partial charge in [0, 0.05) is 38.3 Å². The summed E-state index contributed by atoms with van der Waals surface area (Å²) in [6.45, 7) is 3.43. The van der Waals surface area contributed by atoms with Crippen molar-refractivity contribution in [1.29, 1.82) is 0 Å². The van der Waals surface area contributed by atoms with Gasteiger partial charge in [0.05, 0.1) is 0 Å². The molecular formula is C10H20ClNO2. The SMILES string of the molecule is COCCCNC1(CCl)CCOCC1. The molecule has 0 amide bonds. The molecule has 0 aromatic heterocycles. The molecular weight excluding hydrogens is 202 g/mol. The Bertz CT molecular complexity index is 149. The molecule has 0 atom stereocenters. The molecule has 1 aliphatic rings. The van der Waals surface area contributed by atoms with E-state index in [0.717, 1.165) is 45.6 Å². The van der Waals surface area contributed by atoms with Crippen LogP contribution in [0.3, 0.4) is 0 Å². The van der Waals surface area contributed by atoms with Crippen molar-refractivity contribution in [3.05, 3.63) is 0 Å². The summed E-state index contributed by atoms with van der Waals surface area (Å²) in [6, 6.07) is 0. The maximum atomic E-state index is 6.00. The highest BCUT2D eigenvalue weighted by molar-refractivity contribution is 6.18. The van der Waals surface area contributed by atoms with Crippen molar-refractivity contribution in [3.63, 3.8) is 0 Å². The van der Waals surface area contributed by atoms with Crippen molar-refractivity contribution in [1.82, 2.24) is 5.32 Å². The summed E-state index contributed by atoms with van der Waals surface area (Å²) in [7, 11) is 1.73. The fraction of sp³-hybridized carbons (Fsp3) is 1.00. The lowest BCUT2D eigenvalue weighted by atomic mass is 9.92. The van der Waals surface area contributed by atoms with Crippen molar-refractivity contribution >= 4 is 11.6 Å². The largest absolute Gasteiger partial charge is 0.385 e. The molecule has 1 N–H and O–H groups in total. The van der Waals surface area contributed by atoms with E-state index < -0.39 is 0 Å². The topological polar surface area (TPSA) is 30.5 Å². The number of hydrogen-bond donors (Lipinski definition) is 1. The third kappa shape index (κ3) is 3.73. The van der Waals surface area contributed by atoms with Gasteiger partial charge in [0.2, 0.25) is 0 Å². The second-order valence-electron chi connectivity index (χ2n) is 3.80. The van der Waals surface area contributed by atoms with Crippen LogP contribution in [0.15, 0.2) is 0 Å². The van der Waals surface area contributed by atoms with Crippen LogP contribution in [-0.2, 0) is 9.47 Å². The highest BCUT2D eigenvalue weighted by Gasteiger charge is 2.30. The van der Waals surface area contributed by atoms with E-state index in [1.54, 1.807) is 7.11 Å². The zero-order valence-corrected chi connectivity index (χ0v) is 9.61. The summed E-state index contributed by atoms with van der Waals surface area (Å²) in [6.07, 6.45) is 3.07. The molecule has 1 fully saturated rings. The van der Waals surface area contributed by atoms with Crippen molar-refractivity contribution in [3.8, 4) is 0 Å². The molecule has 1 heterocycles. The molecule has 0 bridgehead atoms. The van der Waals surface area contributed by atoms with Crippen LogP contribution < -0.4 is 5.32 Å². The lowest BCUT2D eigenvalue weighted by Gasteiger charge is -2.36. The van der Waals surface area contributed by atoms with E-state index >= 15 is 0 Å². The predicted molar refractivity (Wildman–Crippen MR) is 58.0 cm³/mol. The van der Waals surface area contributed by atoms with Gasteiger partial charge in [-0.15, -0.1) is 11.6 Å². The van der Waals surface area contributed by atoms with Gasteiger partial charge in [0.25, 0.3) is 0 Å². The van der Waals surface area contributed by atoms with Gasteiger partial charge in [-0.3, -0.25) is 0 Å². The average molecular weight is 222 g/mol. The number of methoxy groups -OCH3 is 1. The highest BCUT2D eigenvalue weighted by atomic mass is 35.5. The van der Waals surface area contributed by atoms with E-state index in [0.29, 0.717) is 5.88 Å². The predicted octanol–water partition coefficient (Wildman–Crippen LogP) is 1.40. The minimum Gasteiger partial charge on any atom is -0.385 e. The fourth-order valence-corrected chi connectivity index (χ4v) is 2.05. The molecule has 14 heavy (non-hydrogen) atoms. The lowest BCUT2D eigenvalue weighted by molar-refractivity contribution is 0.0458.